The average molecular weight is 367 g/mol. The lowest BCUT2D eigenvalue weighted by atomic mass is 10.0. The standard InChI is InChI=1S/C22H30N4O/c1-15-7-5-8-20-21(15)25-17(3)19(22(20)27)10-9-16(2)23-11-6-13-26-14-12-24-18(26)4/h5,7-8,12,14,16,23H,6,9-11,13H2,1-4H3,(H,25,27)/t16-/m0/s1. The SMILES string of the molecule is Cc1[nH]c2c(C)cccc2c(=O)c1CC[C@H](C)NCCCn1ccnc1C. The minimum absolute atomic E-state index is 0.174. The minimum Gasteiger partial charge on any atom is -0.358 e. The summed E-state index contributed by atoms with van der Waals surface area (Å²) < 4.78 is 2.17. The molecule has 144 valence electrons. The summed E-state index contributed by atoms with van der Waals surface area (Å²) in [6.07, 6.45) is 6.67. The summed E-state index contributed by atoms with van der Waals surface area (Å²) in [6.45, 7) is 10.2. The third-order valence-electron chi connectivity index (χ3n) is 5.38. The molecule has 2 N–H and O–H groups in total. The Morgan fingerprint density at radius 2 is 2.07 bits per heavy atom. The Bertz CT molecular complexity index is 970. The monoisotopic (exact) mass is 366 g/mol. The lowest BCUT2D eigenvalue weighted by Crippen LogP contribution is -2.29. The summed E-state index contributed by atoms with van der Waals surface area (Å²) in [4.78, 5) is 20.6. The number of aromatic nitrogens is 3. The van der Waals surface area contributed by atoms with Crippen LogP contribution in [-0.4, -0.2) is 27.1 Å². The molecule has 0 amide bonds. The Morgan fingerprint density at radius 3 is 2.81 bits per heavy atom. The second kappa shape index (κ2) is 8.53. The van der Waals surface area contributed by atoms with E-state index in [2.05, 4.69) is 26.8 Å². The number of para-hydroxylation sites is 1. The lowest BCUT2D eigenvalue weighted by molar-refractivity contribution is 0.486. The van der Waals surface area contributed by atoms with Gasteiger partial charge < -0.3 is 14.9 Å². The number of hydrogen-bond donors (Lipinski definition) is 2. The van der Waals surface area contributed by atoms with Crippen molar-refractivity contribution in [1.82, 2.24) is 19.9 Å². The lowest BCUT2D eigenvalue weighted by Gasteiger charge is -2.15. The first-order valence-corrected chi connectivity index (χ1v) is 9.79. The zero-order valence-corrected chi connectivity index (χ0v) is 16.8. The Hall–Kier alpha value is -2.40. The summed E-state index contributed by atoms with van der Waals surface area (Å²) >= 11 is 0. The molecular weight excluding hydrogens is 336 g/mol. The van der Waals surface area contributed by atoms with Crippen molar-refractivity contribution in [2.75, 3.05) is 6.54 Å². The number of nitrogens with one attached hydrogen (secondary N) is 2. The molecule has 0 aliphatic carbocycles. The molecule has 0 spiro atoms. The van der Waals surface area contributed by atoms with Crippen molar-refractivity contribution in [3.05, 3.63) is 63.5 Å². The maximum atomic E-state index is 12.9. The summed E-state index contributed by atoms with van der Waals surface area (Å²) in [5, 5.41) is 4.37. The molecule has 0 fully saturated rings. The maximum Gasteiger partial charge on any atom is 0.192 e. The van der Waals surface area contributed by atoms with Crippen molar-refractivity contribution in [2.24, 2.45) is 0 Å². The van der Waals surface area contributed by atoms with Crippen LogP contribution >= 0.6 is 0 Å². The van der Waals surface area contributed by atoms with E-state index >= 15 is 0 Å². The fraction of sp³-hybridized carbons (Fsp3) is 0.455. The quantitative estimate of drug-likeness (QED) is 0.598. The van der Waals surface area contributed by atoms with Crippen molar-refractivity contribution in [1.29, 1.82) is 0 Å². The third-order valence-corrected chi connectivity index (χ3v) is 5.38. The number of benzene rings is 1. The molecule has 0 aliphatic heterocycles. The van der Waals surface area contributed by atoms with E-state index in [1.54, 1.807) is 0 Å². The van der Waals surface area contributed by atoms with Crippen LogP contribution in [0.15, 0.2) is 35.4 Å². The van der Waals surface area contributed by atoms with Gasteiger partial charge in [-0.15, -0.1) is 0 Å². The topological polar surface area (TPSA) is 62.7 Å². The first kappa shape index (κ1) is 19.4. The van der Waals surface area contributed by atoms with Crippen LogP contribution in [0.4, 0.5) is 0 Å². The molecule has 0 unspecified atom stereocenters. The summed E-state index contributed by atoms with van der Waals surface area (Å²) in [7, 11) is 0. The molecule has 5 heteroatoms. The number of fused-ring (bicyclic) bond motifs is 1. The summed E-state index contributed by atoms with van der Waals surface area (Å²) in [5.41, 5.74) is 4.15. The van der Waals surface area contributed by atoms with E-state index in [0.717, 1.165) is 65.9 Å². The highest BCUT2D eigenvalue weighted by Gasteiger charge is 2.12. The van der Waals surface area contributed by atoms with Gasteiger partial charge >= 0.3 is 0 Å². The zero-order valence-electron chi connectivity index (χ0n) is 16.8. The summed E-state index contributed by atoms with van der Waals surface area (Å²) in [5.74, 6) is 1.06. The fourth-order valence-corrected chi connectivity index (χ4v) is 3.62. The second-order valence-electron chi connectivity index (χ2n) is 7.47. The molecule has 3 rings (SSSR count). The molecule has 1 aromatic carbocycles. The molecule has 0 bridgehead atoms. The molecule has 2 heterocycles. The molecular formula is C22H30N4O. The second-order valence-corrected chi connectivity index (χ2v) is 7.47. The molecule has 0 saturated heterocycles. The van der Waals surface area contributed by atoms with Gasteiger partial charge in [0.25, 0.3) is 0 Å². The highest BCUT2D eigenvalue weighted by molar-refractivity contribution is 5.82. The highest BCUT2D eigenvalue weighted by Crippen LogP contribution is 2.16. The van der Waals surface area contributed by atoms with Gasteiger partial charge in [-0.05, 0) is 65.1 Å². The van der Waals surface area contributed by atoms with Crippen LogP contribution in [0.25, 0.3) is 10.9 Å². The zero-order chi connectivity index (χ0) is 19.4. The molecule has 5 nitrogen and oxygen atoms in total. The van der Waals surface area contributed by atoms with Crippen LogP contribution in [0.3, 0.4) is 0 Å². The van der Waals surface area contributed by atoms with Crippen LogP contribution in [0, 0.1) is 20.8 Å². The van der Waals surface area contributed by atoms with Gasteiger partial charge in [0.2, 0.25) is 0 Å². The number of aryl methyl sites for hydroxylation is 4. The van der Waals surface area contributed by atoms with Gasteiger partial charge in [0.15, 0.2) is 5.43 Å². The van der Waals surface area contributed by atoms with Crippen molar-refractivity contribution >= 4 is 10.9 Å². The number of rotatable bonds is 8. The van der Waals surface area contributed by atoms with E-state index in [0.29, 0.717) is 6.04 Å². The van der Waals surface area contributed by atoms with Crippen LogP contribution < -0.4 is 10.7 Å². The molecule has 0 saturated carbocycles. The number of hydrogen-bond acceptors (Lipinski definition) is 3. The molecule has 2 aromatic heterocycles. The van der Waals surface area contributed by atoms with E-state index in [1.807, 2.05) is 51.4 Å². The van der Waals surface area contributed by atoms with E-state index in [4.69, 9.17) is 0 Å². The molecule has 1 atom stereocenters. The Balaban J connectivity index is 1.55. The molecule has 3 aromatic rings. The van der Waals surface area contributed by atoms with Gasteiger partial charge in [0.1, 0.15) is 5.82 Å². The van der Waals surface area contributed by atoms with Crippen molar-refractivity contribution < 1.29 is 0 Å². The minimum atomic E-state index is 0.174. The predicted octanol–water partition coefficient (Wildman–Crippen LogP) is 3.65. The number of H-pyrrole nitrogens is 1. The normalized spacial score (nSPS) is 12.6. The Labute approximate surface area is 160 Å². The molecule has 27 heavy (non-hydrogen) atoms. The third kappa shape index (κ3) is 4.48. The predicted molar refractivity (Wildman–Crippen MR) is 111 cm³/mol. The van der Waals surface area contributed by atoms with Crippen LogP contribution in [0.2, 0.25) is 0 Å². The first-order chi connectivity index (χ1) is 13.0. The maximum absolute atomic E-state index is 12.9. The number of aromatic amines is 1. The number of imidazole rings is 1. The van der Waals surface area contributed by atoms with E-state index in [-0.39, 0.29) is 5.43 Å². The molecule has 0 aliphatic rings. The highest BCUT2D eigenvalue weighted by atomic mass is 16.1. The largest absolute Gasteiger partial charge is 0.358 e. The van der Waals surface area contributed by atoms with Crippen LogP contribution in [0.5, 0.6) is 0 Å². The van der Waals surface area contributed by atoms with Gasteiger partial charge in [-0.1, -0.05) is 12.1 Å². The van der Waals surface area contributed by atoms with Crippen molar-refractivity contribution in [3.63, 3.8) is 0 Å². The summed E-state index contributed by atoms with van der Waals surface area (Å²) in [6, 6.07) is 6.29. The Morgan fingerprint density at radius 1 is 1.26 bits per heavy atom. The van der Waals surface area contributed by atoms with Gasteiger partial charge in [0, 0.05) is 41.6 Å². The van der Waals surface area contributed by atoms with Gasteiger partial charge in [-0.3, -0.25) is 4.79 Å². The van der Waals surface area contributed by atoms with E-state index in [9.17, 15) is 4.79 Å². The van der Waals surface area contributed by atoms with Crippen LogP contribution in [0.1, 0.15) is 42.4 Å². The van der Waals surface area contributed by atoms with E-state index < -0.39 is 0 Å². The van der Waals surface area contributed by atoms with E-state index in [1.165, 1.54) is 0 Å². The Kier molecular flexibility index (Phi) is 6.11. The molecule has 0 radical (unpaired) electrons. The van der Waals surface area contributed by atoms with Gasteiger partial charge in [0.05, 0.1) is 5.52 Å². The smallest absolute Gasteiger partial charge is 0.192 e. The van der Waals surface area contributed by atoms with Gasteiger partial charge in [-0.25, -0.2) is 4.98 Å². The van der Waals surface area contributed by atoms with Crippen LogP contribution in [-0.2, 0) is 13.0 Å². The number of pyridine rings is 1. The van der Waals surface area contributed by atoms with Crippen molar-refractivity contribution in [2.45, 2.75) is 59.5 Å². The van der Waals surface area contributed by atoms with Gasteiger partial charge in [-0.2, -0.15) is 0 Å². The van der Waals surface area contributed by atoms with Crippen molar-refractivity contribution in [3.8, 4) is 0 Å². The first-order valence-electron chi connectivity index (χ1n) is 9.79. The average Bonchev–Trinajstić information content (AvgIpc) is 3.04. The fourth-order valence-electron chi connectivity index (χ4n) is 3.62. The number of nitrogens with zero attached hydrogens (tertiary/aromatic N) is 2.